The van der Waals surface area contributed by atoms with Gasteiger partial charge < -0.3 is 8.98 Å². The molecule has 3 aromatic rings. The molecule has 7 nitrogen and oxygen atoms in total. The summed E-state index contributed by atoms with van der Waals surface area (Å²) in [4.78, 5) is 24.1. The van der Waals surface area contributed by atoms with Crippen LogP contribution >= 0.6 is 11.6 Å². The third-order valence-corrected chi connectivity index (χ3v) is 6.39. The van der Waals surface area contributed by atoms with E-state index in [0.717, 1.165) is 9.87 Å². The van der Waals surface area contributed by atoms with Crippen LogP contribution in [0.3, 0.4) is 0 Å². The van der Waals surface area contributed by atoms with Gasteiger partial charge in [0.15, 0.2) is 0 Å². The Kier molecular flexibility index (Phi) is 4.98. The van der Waals surface area contributed by atoms with Crippen LogP contribution < -0.4 is 11.2 Å². The van der Waals surface area contributed by atoms with Crippen molar-refractivity contribution in [1.82, 2.24) is 8.87 Å². The molecule has 0 fully saturated rings. The van der Waals surface area contributed by atoms with E-state index >= 15 is 0 Å². The van der Waals surface area contributed by atoms with Gasteiger partial charge in [-0.25, -0.2) is 17.5 Å². The summed E-state index contributed by atoms with van der Waals surface area (Å²) >= 11 is 6.18. The van der Waals surface area contributed by atoms with Crippen molar-refractivity contribution in [2.75, 3.05) is 14.1 Å². The Morgan fingerprint density at radius 3 is 2.52 bits per heavy atom. The van der Waals surface area contributed by atoms with Crippen molar-refractivity contribution >= 4 is 32.6 Å². The minimum Gasteiger partial charge on any atom is -0.423 e. The second-order valence-electron chi connectivity index (χ2n) is 6.31. The molecule has 2 aromatic heterocycles. The van der Waals surface area contributed by atoms with Crippen molar-refractivity contribution in [3.63, 3.8) is 0 Å². The first-order valence-corrected chi connectivity index (χ1v) is 9.77. The Hall–Kier alpha value is -2.42. The summed E-state index contributed by atoms with van der Waals surface area (Å²) in [5, 5.41) is 1.08. The molecule has 27 heavy (non-hydrogen) atoms. The lowest BCUT2D eigenvalue weighted by molar-refractivity contribution is 0.519. The van der Waals surface area contributed by atoms with Gasteiger partial charge in [-0.3, -0.25) is 4.79 Å². The lowest BCUT2D eigenvalue weighted by atomic mass is 10.1. The normalized spacial score (nSPS) is 12.0. The summed E-state index contributed by atoms with van der Waals surface area (Å²) in [6.45, 7) is 1.78. The summed E-state index contributed by atoms with van der Waals surface area (Å²) in [6.07, 6.45) is 1.26. The Balaban J connectivity index is 2.17. The number of halogens is 1. The molecule has 9 heteroatoms. The van der Waals surface area contributed by atoms with Crippen LogP contribution in [-0.4, -0.2) is 31.4 Å². The van der Waals surface area contributed by atoms with Gasteiger partial charge in [0, 0.05) is 42.8 Å². The van der Waals surface area contributed by atoms with E-state index in [-0.39, 0.29) is 11.4 Å². The number of nitrogens with zero attached hydrogens (tertiary/aromatic N) is 2. The highest BCUT2D eigenvalue weighted by Gasteiger charge is 2.18. The molecule has 0 N–H and O–H groups in total. The topological polar surface area (TPSA) is 89.6 Å². The average Bonchev–Trinajstić information content (AvgIpc) is 2.58. The second-order valence-corrected chi connectivity index (χ2v) is 8.87. The van der Waals surface area contributed by atoms with Crippen molar-refractivity contribution in [3.8, 4) is 0 Å². The molecule has 0 saturated carbocycles. The predicted molar refractivity (Wildman–Crippen MR) is 103 cm³/mol. The Morgan fingerprint density at radius 2 is 1.85 bits per heavy atom. The van der Waals surface area contributed by atoms with Crippen molar-refractivity contribution in [3.05, 3.63) is 73.5 Å². The van der Waals surface area contributed by atoms with Crippen LogP contribution in [0.2, 0.25) is 5.02 Å². The van der Waals surface area contributed by atoms with Gasteiger partial charge in [0.2, 0.25) is 10.0 Å². The van der Waals surface area contributed by atoms with E-state index in [1.54, 1.807) is 19.1 Å². The highest BCUT2D eigenvalue weighted by atomic mass is 35.5. The fraction of sp³-hybridized carbons (Fsp3) is 0.222. The molecule has 0 radical (unpaired) electrons. The van der Waals surface area contributed by atoms with Crippen LogP contribution in [0, 0.1) is 6.92 Å². The second kappa shape index (κ2) is 6.95. The Morgan fingerprint density at radius 1 is 1.15 bits per heavy atom. The van der Waals surface area contributed by atoms with E-state index in [9.17, 15) is 18.0 Å². The summed E-state index contributed by atoms with van der Waals surface area (Å²) in [6, 6.07) is 7.02. The number of benzene rings is 1. The van der Waals surface area contributed by atoms with Crippen LogP contribution in [0.1, 0.15) is 11.1 Å². The standard InChI is InChI=1S/C18H17ClN2O5S/c1-11-6-16-14(8-15(11)19)12(7-18(23)26-16)9-21-10-13(4-5-17(21)22)27(24,25)20(2)3/h4-8,10H,9H2,1-3H3. The van der Waals surface area contributed by atoms with E-state index in [0.29, 0.717) is 21.6 Å². The van der Waals surface area contributed by atoms with Crippen LogP contribution in [0.5, 0.6) is 0 Å². The largest absolute Gasteiger partial charge is 0.423 e. The third-order valence-electron chi connectivity index (χ3n) is 4.19. The van der Waals surface area contributed by atoms with E-state index in [1.165, 1.54) is 43.1 Å². The van der Waals surface area contributed by atoms with Gasteiger partial charge in [0.05, 0.1) is 11.4 Å². The Labute approximate surface area is 160 Å². The molecular formula is C18H17ClN2O5S. The lowest BCUT2D eigenvalue weighted by Crippen LogP contribution is -2.26. The molecule has 0 spiro atoms. The number of hydrogen-bond acceptors (Lipinski definition) is 5. The van der Waals surface area contributed by atoms with Gasteiger partial charge in [-0.15, -0.1) is 0 Å². The number of aryl methyl sites for hydroxylation is 1. The van der Waals surface area contributed by atoms with Gasteiger partial charge in [-0.05, 0) is 36.2 Å². The molecule has 1 aromatic carbocycles. The maximum Gasteiger partial charge on any atom is 0.336 e. The minimum absolute atomic E-state index is 0.00287. The predicted octanol–water partition coefficient (Wildman–Crippen LogP) is 2.22. The zero-order valence-corrected chi connectivity index (χ0v) is 16.5. The summed E-state index contributed by atoms with van der Waals surface area (Å²) in [7, 11) is -0.884. The Bertz CT molecular complexity index is 1260. The van der Waals surface area contributed by atoms with Crippen LogP contribution in [-0.2, 0) is 16.6 Å². The van der Waals surface area contributed by atoms with Crippen molar-refractivity contribution < 1.29 is 12.8 Å². The molecule has 3 rings (SSSR count). The minimum atomic E-state index is -3.70. The van der Waals surface area contributed by atoms with E-state index in [1.807, 2.05) is 0 Å². The highest BCUT2D eigenvalue weighted by Crippen LogP contribution is 2.25. The number of hydrogen-bond donors (Lipinski definition) is 0. The zero-order chi connectivity index (χ0) is 19.9. The summed E-state index contributed by atoms with van der Waals surface area (Å²) < 4.78 is 32.2. The van der Waals surface area contributed by atoms with Gasteiger partial charge in [-0.2, -0.15) is 0 Å². The lowest BCUT2D eigenvalue weighted by Gasteiger charge is -2.14. The zero-order valence-electron chi connectivity index (χ0n) is 14.9. The van der Waals surface area contributed by atoms with Crippen molar-refractivity contribution in [2.45, 2.75) is 18.4 Å². The first-order chi connectivity index (χ1) is 12.6. The van der Waals surface area contributed by atoms with Gasteiger partial charge >= 0.3 is 5.63 Å². The molecule has 0 amide bonds. The fourth-order valence-electron chi connectivity index (χ4n) is 2.66. The molecule has 0 aliphatic carbocycles. The smallest absolute Gasteiger partial charge is 0.336 e. The van der Waals surface area contributed by atoms with Crippen molar-refractivity contribution in [2.24, 2.45) is 0 Å². The number of sulfonamides is 1. The maximum atomic E-state index is 12.3. The number of rotatable bonds is 4. The molecular weight excluding hydrogens is 392 g/mol. The van der Waals surface area contributed by atoms with E-state index in [2.05, 4.69) is 0 Å². The summed E-state index contributed by atoms with van der Waals surface area (Å²) in [5.41, 5.74) is 0.645. The highest BCUT2D eigenvalue weighted by molar-refractivity contribution is 7.89. The van der Waals surface area contributed by atoms with Gasteiger partial charge in [-0.1, -0.05) is 11.6 Å². The van der Waals surface area contributed by atoms with Crippen LogP contribution in [0.25, 0.3) is 11.0 Å². The molecule has 142 valence electrons. The molecule has 0 aliphatic heterocycles. The molecule has 2 heterocycles. The van der Waals surface area contributed by atoms with Gasteiger partial charge in [0.1, 0.15) is 5.58 Å². The van der Waals surface area contributed by atoms with Crippen molar-refractivity contribution in [1.29, 1.82) is 0 Å². The van der Waals surface area contributed by atoms with Crippen LogP contribution in [0.15, 0.2) is 55.4 Å². The number of fused-ring (bicyclic) bond motifs is 1. The quantitative estimate of drug-likeness (QED) is 0.617. The first-order valence-electron chi connectivity index (χ1n) is 7.95. The molecule has 0 atom stereocenters. The monoisotopic (exact) mass is 408 g/mol. The number of aromatic nitrogens is 1. The maximum absolute atomic E-state index is 12.3. The molecule has 0 bridgehead atoms. The SMILES string of the molecule is Cc1cc2oc(=O)cc(Cn3cc(S(=O)(=O)N(C)C)ccc3=O)c2cc1Cl. The molecule has 0 saturated heterocycles. The average molecular weight is 409 g/mol. The molecule has 0 aliphatic rings. The third kappa shape index (κ3) is 3.69. The van der Waals surface area contributed by atoms with Crippen LogP contribution in [0.4, 0.5) is 0 Å². The van der Waals surface area contributed by atoms with Gasteiger partial charge in [0.25, 0.3) is 5.56 Å². The van der Waals surface area contributed by atoms with E-state index in [4.69, 9.17) is 16.0 Å². The molecule has 0 unspecified atom stereocenters. The summed E-state index contributed by atoms with van der Waals surface area (Å²) in [5.74, 6) is 0. The fourth-order valence-corrected chi connectivity index (χ4v) is 3.74. The number of pyridine rings is 1. The first kappa shape index (κ1) is 19.3. The van der Waals surface area contributed by atoms with E-state index < -0.39 is 21.2 Å².